The van der Waals surface area contributed by atoms with Gasteiger partial charge in [0, 0.05) is 16.8 Å². The molecule has 5 heteroatoms. The standard InChI is InChI=1S/Co.H3O3P/c;1-4(2)3/h;1-3H. The summed E-state index contributed by atoms with van der Waals surface area (Å²) >= 11 is 0. The van der Waals surface area contributed by atoms with Gasteiger partial charge in [-0.25, -0.2) is 0 Å². The predicted octanol–water partition coefficient (Wildman–Crippen LogP) is -0.812. The van der Waals surface area contributed by atoms with Crippen LogP contribution < -0.4 is 0 Å². The van der Waals surface area contributed by atoms with Crippen LogP contribution in [0.5, 0.6) is 0 Å². The maximum atomic E-state index is 7.23. The first kappa shape index (κ1) is 9.26. The fourth-order valence-corrected chi connectivity index (χ4v) is 0. The van der Waals surface area contributed by atoms with Gasteiger partial charge in [-0.05, 0) is 0 Å². The van der Waals surface area contributed by atoms with Gasteiger partial charge >= 0.3 is 8.60 Å². The fraction of sp³-hybridized carbons (Fsp3) is 0. The Kier molecular flexibility index (Phi) is 8.92. The smallest absolute Gasteiger partial charge is 0.324 e. The van der Waals surface area contributed by atoms with E-state index in [9.17, 15) is 0 Å². The third kappa shape index (κ3) is 57.3. The molecule has 0 atom stereocenters. The van der Waals surface area contributed by atoms with Crippen molar-refractivity contribution in [1.82, 2.24) is 0 Å². The maximum Gasteiger partial charge on any atom is 0.324 e. The molecular weight excluding hydrogens is 138 g/mol. The van der Waals surface area contributed by atoms with Gasteiger partial charge in [0.1, 0.15) is 0 Å². The minimum atomic E-state index is -2.62. The average Bonchev–Trinajstić information content (AvgIpc) is 0.811. The summed E-state index contributed by atoms with van der Waals surface area (Å²) in [5, 5.41) is 0. The molecule has 0 aliphatic heterocycles. The molecular formula is H3CoO3P. The van der Waals surface area contributed by atoms with Crippen molar-refractivity contribution in [1.29, 1.82) is 0 Å². The van der Waals surface area contributed by atoms with Crippen molar-refractivity contribution in [2.45, 2.75) is 0 Å². The summed E-state index contributed by atoms with van der Waals surface area (Å²) in [5.41, 5.74) is 0. The second-order valence-corrected chi connectivity index (χ2v) is 0.805. The molecule has 5 heavy (non-hydrogen) atoms. The summed E-state index contributed by atoms with van der Waals surface area (Å²) < 4.78 is 0. The van der Waals surface area contributed by atoms with Gasteiger partial charge in [-0.3, -0.25) is 0 Å². The van der Waals surface area contributed by atoms with Gasteiger partial charge in [-0.2, -0.15) is 0 Å². The summed E-state index contributed by atoms with van der Waals surface area (Å²) in [6.07, 6.45) is 0. The molecule has 3 N–H and O–H groups in total. The van der Waals surface area contributed by atoms with E-state index < -0.39 is 8.60 Å². The Morgan fingerprint density at radius 1 is 1.00 bits per heavy atom. The van der Waals surface area contributed by atoms with Gasteiger partial charge < -0.3 is 14.7 Å². The summed E-state index contributed by atoms with van der Waals surface area (Å²) in [6.45, 7) is 0. The third-order valence-corrected chi connectivity index (χ3v) is 0. The van der Waals surface area contributed by atoms with Crippen LogP contribution in [0.15, 0.2) is 0 Å². The van der Waals surface area contributed by atoms with E-state index in [0.29, 0.717) is 0 Å². The van der Waals surface area contributed by atoms with E-state index in [-0.39, 0.29) is 16.8 Å². The Morgan fingerprint density at radius 3 is 1.00 bits per heavy atom. The molecule has 0 saturated carbocycles. The second-order valence-electron chi connectivity index (χ2n) is 0.268. The molecule has 0 saturated heterocycles. The molecule has 0 aliphatic rings. The van der Waals surface area contributed by atoms with Gasteiger partial charge in [-0.1, -0.05) is 0 Å². The van der Waals surface area contributed by atoms with Crippen LogP contribution in [0.4, 0.5) is 0 Å². The quantitative estimate of drug-likeness (QED) is 0.386. The molecule has 0 aromatic heterocycles. The topological polar surface area (TPSA) is 60.7 Å². The van der Waals surface area contributed by atoms with Gasteiger partial charge in [0.25, 0.3) is 0 Å². The molecule has 1 radical (unpaired) electrons. The summed E-state index contributed by atoms with van der Waals surface area (Å²) in [7, 11) is -2.62. The largest absolute Gasteiger partial charge is 0.328 e. The van der Waals surface area contributed by atoms with E-state index in [4.69, 9.17) is 14.7 Å². The number of hydrogen-bond acceptors (Lipinski definition) is 3. The van der Waals surface area contributed by atoms with Crippen molar-refractivity contribution in [2.24, 2.45) is 0 Å². The normalized spacial score (nSPS) is 7.20. The fourth-order valence-electron chi connectivity index (χ4n) is 0. The van der Waals surface area contributed by atoms with E-state index in [1.54, 1.807) is 0 Å². The van der Waals surface area contributed by atoms with Crippen LogP contribution in [-0.2, 0) is 16.8 Å². The van der Waals surface area contributed by atoms with Crippen molar-refractivity contribution in [3.8, 4) is 0 Å². The Balaban J connectivity index is 0. The minimum absolute atomic E-state index is 0. The average molecular weight is 141 g/mol. The molecule has 0 heterocycles. The van der Waals surface area contributed by atoms with Crippen LogP contribution in [0.1, 0.15) is 0 Å². The van der Waals surface area contributed by atoms with E-state index in [2.05, 4.69) is 0 Å². The van der Waals surface area contributed by atoms with Crippen molar-refractivity contribution in [3.05, 3.63) is 0 Å². The zero-order valence-corrected chi connectivity index (χ0v) is 4.06. The van der Waals surface area contributed by atoms with E-state index >= 15 is 0 Å². The first-order chi connectivity index (χ1) is 1.73. The van der Waals surface area contributed by atoms with Crippen LogP contribution >= 0.6 is 8.60 Å². The SMILES string of the molecule is OP(O)O.[Co]. The molecule has 0 aromatic carbocycles. The van der Waals surface area contributed by atoms with Gasteiger partial charge in [0.2, 0.25) is 0 Å². The zero-order chi connectivity index (χ0) is 3.58. The first-order valence-corrected chi connectivity index (χ1v) is 1.80. The van der Waals surface area contributed by atoms with Crippen molar-refractivity contribution in [3.63, 3.8) is 0 Å². The maximum absolute atomic E-state index is 7.23. The summed E-state index contributed by atoms with van der Waals surface area (Å²) in [5.74, 6) is 0. The Morgan fingerprint density at radius 2 is 1.00 bits per heavy atom. The van der Waals surface area contributed by atoms with Gasteiger partial charge in [-0.15, -0.1) is 0 Å². The summed E-state index contributed by atoms with van der Waals surface area (Å²) in [6, 6.07) is 0. The predicted molar refractivity (Wildman–Crippen MR) is 13.6 cm³/mol. The molecule has 0 bridgehead atoms. The molecule has 3 nitrogen and oxygen atoms in total. The molecule has 0 aromatic rings. The number of hydrogen-bond donors (Lipinski definition) is 3. The zero-order valence-electron chi connectivity index (χ0n) is 2.12. The van der Waals surface area contributed by atoms with E-state index in [1.165, 1.54) is 0 Å². The Labute approximate surface area is 40.8 Å². The Hall–Kier alpha value is 0.816. The molecule has 0 spiro atoms. The van der Waals surface area contributed by atoms with Crippen LogP contribution in [0.3, 0.4) is 0 Å². The Bertz CT molecular complexity index is 11.6. The molecule has 0 aliphatic carbocycles. The molecule has 35 valence electrons. The molecule has 0 unspecified atom stereocenters. The van der Waals surface area contributed by atoms with Crippen molar-refractivity contribution in [2.75, 3.05) is 0 Å². The second kappa shape index (κ2) is 4.82. The van der Waals surface area contributed by atoms with E-state index in [0.717, 1.165) is 0 Å². The van der Waals surface area contributed by atoms with Crippen molar-refractivity contribution < 1.29 is 31.5 Å². The van der Waals surface area contributed by atoms with Crippen molar-refractivity contribution >= 4 is 8.60 Å². The van der Waals surface area contributed by atoms with Crippen LogP contribution in [0.25, 0.3) is 0 Å². The summed E-state index contributed by atoms with van der Waals surface area (Å²) in [4.78, 5) is 21.7. The van der Waals surface area contributed by atoms with Gasteiger partial charge in [0.15, 0.2) is 0 Å². The molecule has 0 fully saturated rings. The third-order valence-electron chi connectivity index (χ3n) is 0. The van der Waals surface area contributed by atoms with Gasteiger partial charge in [0.05, 0.1) is 0 Å². The van der Waals surface area contributed by atoms with Crippen LogP contribution in [-0.4, -0.2) is 14.7 Å². The number of rotatable bonds is 0. The molecule has 0 amide bonds. The van der Waals surface area contributed by atoms with Crippen LogP contribution in [0, 0.1) is 0 Å². The first-order valence-electron chi connectivity index (χ1n) is 0.600. The molecule has 0 rings (SSSR count). The van der Waals surface area contributed by atoms with Crippen LogP contribution in [0.2, 0.25) is 0 Å². The minimum Gasteiger partial charge on any atom is -0.328 e. The monoisotopic (exact) mass is 141 g/mol. The van der Waals surface area contributed by atoms with E-state index in [1.807, 2.05) is 0 Å².